The number of carbonyl (C=O) groups excluding carboxylic acids is 1. The summed E-state index contributed by atoms with van der Waals surface area (Å²) < 4.78 is 20.6. The molecule has 98 valence electrons. The predicted octanol–water partition coefficient (Wildman–Crippen LogP) is 2.57. The first kappa shape index (κ1) is 11.9. The highest BCUT2D eigenvalue weighted by molar-refractivity contribution is 6.00. The average Bonchev–Trinajstić information content (AvgIpc) is 2.69. The zero-order chi connectivity index (χ0) is 13.6. The summed E-state index contributed by atoms with van der Waals surface area (Å²) in [4.78, 5) is 12.1. The van der Waals surface area contributed by atoms with Crippen molar-refractivity contribution in [1.82, 2.24) is 9.78 Å². The van der Waals surface area contributed by atoms with E-state index in [1.165, 1.54) is 18.2 Å². The van der Waals surface area contributed by atoms with E-state index in [2.05, 4.69) is 5.10 Å². The third-order valence-electron chi connectivity index (χ3n) is 3.28. The molecule has 0 amide bonds. The Bertz CT molecular complexity index is 663. The van der Waals surface area contributed by atoms with E-state index in [4.69, 9.17) is 4.74 Å². The normalized spacial score (nSPS) is 18.1. The number of fused-ring (bicyclic) bond motifs is 1. The van der Waals surface area contributed by atoms with Gasteiger partial charge in [0, 0.05) is 18.8 Å². The van der Waals surface area contributed by atoms with Crippen molar-refractivity contribution < 1.29 is 13.9 Å². The van der Waals surface area contributed by atoms with Crippen LogP contribution in [0.3, 0.4) is 0 Å². The minimum atomic E-state index is -0.424. The average molecular weight is 260 g/mol. The van der Waals surface area contributed by atoms with E-state index in [9.17, 15) is 9.18 Å². The van der Waals surface area contributed by atoms with E-state index < -0.39 is 5.82 Å². The SMILES string of the molecule is Cc1nn(C)cc1C1CC(=O)c2cc(F)ccc2O1. The minimum absolute atomic E-state index is 0.103. The van der Waals surface area contributed by atoms with Crippen LogP contribution in [0.4, 0.5) is 4.39 Å². The van der Waals surface area contributed by atoms with Crippen molar-refractivity contribution in [3.8, 4) is 5.75 Å². The van der Waals surface area contributed by atoms with Gasteiger partial charge in [-0.1, -0.05) is 0 Å². The van der Waals surface area contributed by atoms with Crippen LogP contribution >= 0.6 is 0 Å². The molecule has 2 heterocycles. The second-order valence-corrected chi connectivity index (χ2v) is 4.72. The molecule has 1 aliphatic heterocycles. The van der Waals surface area contributed by atoms with Gasteiger partial charge < -0.3 is 4.74 Å². The van der Waals surface area contributed by atoms with Crippen LogP contribution in [0.25, 0.3) is 0 Å². The Morgan fingerprint density at radius 3 is 2.95 bits per heavy atom. The van der Waals surface area contributed by atoms with Crippen LogP contribution in [0.5, 0.6) is 5.75 Å². The van der Waals surface area contributed by atoms with Crippen LogP contribution in [0.1, 0.15) is 34.1 Å². The van der Waals surface area contributed by atoms with Gasteiger partial charge >= 0.3 is 0 Å². The van der Waals surface area contributed by atoms with Gasteiger partial charge in [0.1, 0.15) is 17.7 Å². The van der Waals surface area contributed by atoms with Gasteiger partial charge in [0.15, 0.2) is 5.78 Å². The van der Waals surface area contributed by atoms with Crippen molar-refractivity contribution >= 4 is 5.78 Å². The molecule has 1 aromatic carbocycles. The molecule has 0 saturated heterocycles. The molecule has 0 bridgehead atoms. The lowest BCUT2D eigenvalue weighted by atomic mass is 9.96. The Labute approximate surface area is 109 Å². The first-order valence-corrected chi connectivity index (χ1v) is 6.04. The Kier molecular flexibility index (Phi) is 2.62. The Morgan fingerprint density at radius 2 is 2.26 bits per heavy atom. The van der Waals surface area contributed by atoms with Gasteiger partial charge in [0.05, 0.1) is 17.7 Å². The number of nitrogens with zero attached hydrogens (tertiary/aromatic N) is 2. The highest BCUT2D eigenvalue weighted by Gasteiger charge is 2.29. The van der Waals surface area contributed by atoms with Crippen molar-refractivity contribution in [3.05, 3.63) is 47.0 Å². The Hall–Kier alpha value is -2.17. The third kappa shape index (κ3) is 2.01. The number of ether oxygens (including phenoxy) is 1. The summed E-state index contributed by atoms with van der Waals surface area (Å²) in [5, 5.41) is 4.25. The fourth-order valence-corrected chi connectivity index (χ4v) is 2.40. The van der Waals surface area contributed by atoms with Gasteiger partial charge in [-0.25, -0.2) is 4.39 Å². The molecule has 3 rings (SSSR count). The minimum Gasteiger partial charge on any atom is -0.484 e. The predicted molar refractivity (Wildman–Crippen MR) is 66.7 cm³/mol. The molecule has 1 aromatic heterocycles. The smallest absolute Gasteiger partial charge is 0.170 e. The van der Waals surface area contributed by atoms with E-state index in [0.29, 0.717) is 11.3 Å². The van der Waals surface area contributed by atoms with Crippen molar-refractivity contribution in [2.45, 2.75) is 19.4 Å². The Morgan fingerprint density at radius 1 is 1.47 bits per heavy atom. The standard InChI is InChI=1S/C14H13FN2O2/c1-8-11(7-17(2)16-8)14-6-12(18)10-5-9(15)3-4-13(10)19-14/h3-5,7,14H,6H2,1-2H3. The molecule has 0 spiro atoms. The monoisotopic (exact) mass is 260 g/mol. The van der Waals surface area contributed by atoms with E-state index in [0.717, 1.165) is 11.3 Å². The molecule has 2 aromatic rings. The lowest BCUT2D eigenvalue weighted by Crippen LogP contribution is -2.20. The maximum Gasteiger partial charge on any atom is 0.170 e. The first-order valence-electron chi connectivity index (χ1n) is 6.04. The van der Waals surface area contributed by atoms with Crippen LogP contribution < -0.4 is 4.74 Å². The number of Topliss-reactive ketones (excluding diaryl/α,β-unsaturated/α-hetero) is 1. The van der Waals surface area contributed by atoms with Crippen LogP contribution in [0, 0.1) is 12.7 Å². The third-order valence-corrected chi connectivity index (χ3v) is 3.28. The van der Waals surface area contributed by atoms with Gasteiger partial charge in [-0.2, -0.15) is 5.10 Å². The molecule has 0 N–H and O–H groups in total. The summed E-state index contributed by atoms with van der Waals surface area (Å²) in [6, 6.07) is 4.02. The molecule has 19 heavy (non-hydrogen) atoms. The molecule has 0 fully saturated rings. The van der Waals surface area contributed by atoms with Gasteiger partial charge in [0.2, 0.25) is 0 Å². The van der Waals surface area contributed by atoms with E-state index in [-0.39, 0.29) is 18.3 Å². The number of hydrogen-bond acceptors (Lipinski definition) is 3. The maximum absolute atomic E-state index is 13.1. The lowest BCUT2D eigenvalue weighted by Gasteiger charge is -2.24. The van der Waals surface area contributed by atoms with Gasteiger partial charge in [-0.15, -0.1) is 0 Å². The van der Waals surface area contributed by atoms with Crippen LogP contribution in [0.2, 0.25) is 0 Å². The lowest BCUT2D eigenvalue weighted by molar-refractivity contribution is 0.0848. The highest BCUT2D eigenvalue weighted by Crippen LogP contribution is 2.35. The number of carbonyl (C=O) groups is 1. The first-order chi connectivity index (χ1) is 9.04. The molecule has 0 aliphatic carbocycles. The largest absolute Gasteiger partial charge is 0.484 e. The van der Waals surface area contributed by atoms with E-state index >= 15 is 0 Å². The summed E-state index contributed by atoms with van der Waals surface area (Å²) in [6.07, 6.45) is 1.71. The summed E-state index contributed by atoms with van der Waals surface area (Å²) in [7, 11) is 1.82. The fraction of sp³-hybridized carbons (Fsp3) is 0.286. The maximum atomic E-state index is 13.1. The molecular weight excluding hydrogens is 247 g/mol. The van der Waals surface area contributed by atoms with E-state index in [1.54, 1.807) is 4.68 Å². The molecule has 1 unspecified atom stereocenters. The molecule has 4 nitrogen and oxygen atoms in total. The molecule has 0 saturated carbocycles. The summed E-state index contributed by atoms with van der Waals surface area (Å²) >= 11 is 0. The summed E-state index contributed by atoms with van der Waals surface area (Å²) in [5.74, 6) is -0.0911. The van der Waals surface area contributed by atoms with Crippen molar-refractivity contribution in [2.75, 3.05) is 0 Å². The number of aryl methyl sites for hydroxylation is 2. The second kappa shape index (κ2) is 4.19. The number of halogens is 1. The molecule has 5 heteroatoms. The molecule has 1 atom stereocenters. The molecule has 1 aliphatic rings. The van der Waals surface area contributed by atoms with Crippen molar-refractivity contribution in [2.24, 2.45) is 7.05 Å². The van der Waals surface area contributed by atoms with Crippen molar-refractivity contribution in [1.29, 1.82) is 0 Å². The van der Waals surface area contributed by atoms with Crippen LogP contribution in [-0.2, 0) is 7.05 Å². The number of benzene rings is 1. The summed E-state index contributed by atoms with van der Waals surface area (Å²) in [5.41, 5.74) is 2.05. The second-order valence-electron chi connectivity index (χ2n) is 4.72. The fourth-order valence-electron chi connectivity index (χ4n) is 2.40. The van der Waals surface area contributed by atoms with Gasteiger partial charge in [-0.3, -0.25) is 9.48 Å². The highest BCUT2D eigenvalue weighted by atomic mass is 19.1. The number of rotatable bonds is 1. The zero-order valence-electron chi connectivity index (χ0n) is 10.7. The van der Waals surface area contributed by atoms with Crippen LogP contribution in [-0.4, -0.2) is 15.6 Å². The van der Waals surface area contributed by atoms with Gasteiger partial charge in [0.25, 0.3) is 0 Å². The topological polar surface area (TPSA) is 44.1 Å². The molecule has 0 radical (unpaired) electrons. The number of aromatic nitrogens is 2. The summed E-state index contributed by atoms with van der Waals surface area (Å²) in [6.45, 7) is 1.88. The zero-order valence-corrected chi connectivity index (χ0v) is 10.7. The van der Waals surface area contributed by atoms with E-state index in [1.807, 2.05) is 20.2 Å². The van der Waals surface area contributed by atoms with Gasteiger partial charge in [-0.05, 0) is 25.1 Å². The quantitative estimate of drug-likeness (QED) is 0.791. The number of hydrogen-bond donors (Lipinski definition) is 0. The Balaban J connectivity index is 1.99. The molecular formula is C14H13FN2O2. The van der Waals surface area contributed by atoms with Crippen molar-refractivity contribution in [3.63, 3.8) is 0 Å². The number of ketones is 1. The van der Waals surface area contributed by atoms with Crippen LogP contribution in [0.15, 0.2) is 24.4 Å².